The van der Waals surface area contributed by atoms with E-state index >= 15 is 0 Å². The van der Waals surface area contributed by atoms with E-state index in [1.807, 2.05) is 37.3 Å². The summed E-state index contributed by atoms with van der Waals surface area (Å²) in [6, 6.07) is 9.27. The number of likely N-dealkylation sites (tertiary alicyclic amines) is 1. The van der Waals surface area contributed by atoms with Crippen LogP contribution in [-0.4, -0.2) is 63.9 Å². The van der Waals surface area contributed by atoms with Gasteiger partial charge in [-0.25, -0.2) is 18.1 Å². The largest absolute Gasteiger partial charge is 0.333 e. The molecule has 0 spiro atoms. The summed E-state index contributed by atoms with van der Waals surface area (Å²) in [5.74, 6) is 1.13. The molecule has 1 amide bonds. The van der Waals surface area contributed by atoms with Crippen molar-refractivity contribution in [1.29, 1.82) is 0 Å². The van der Waals surface area contributed by atoms with Gasteiger partial charge in [-0.05, 0) is 38.5 Å². The highest BCUT2D eigenvalue weighted by atomic mass is 32.2. The molecule has 0 bridgehead atoms. The Balaban J connectivity index is 1.46. The van der Waals surface area contributed by atoms with Gasteiger partial charge in [-0.3, -0.25) is 9.59 Å². The lowest BCUT2D eigenvalue weighted by atomic mass is 9.95. The second kappa shape index (κ2) is 9.52. The molecule has 0 radical (unpaired) electrons. The molecule has 1 aromatic carbocycles. The van der Waals surface area contributed by atoms with Gasteiger partial charge < -0.3 is 4.90 Å². The third kappa shape index (κ3) is 5.09. The first-order valence-corrected chi connectivity index (χ1v) is 13.2. The lowest BCUT2D eigenvalue weighted by Gasteiger charge is -2.35. The van der Waals surface area contributed by atoms with Crippen LogP contribution in [0.25, 0.3) is 11.4 Å². The van der Waals surface area contributed by atoms with Crippen molar-refractivity contribution in [1.82, 2.24) is 19.7 Å². The van der Waals surface area contributed by atoms with Gasteiger partial charge in [0.25, 0.3) is 0 Å². The normalized spacial score (nSPS) is 22.7. The standard InChI is InChI=1S/C23H30N4O4S/c1-2-27-23(18-8-4-3-5-9-18)24-21(25-27)15-20(28)19-10-6-7-12-26(19)22(29)14-17-11-13-32(30,31)16-17/h3-5,8-9,17,19H,2,6-7,10-16H2,1H3/t17?,19-/m0/s1. The van der Waals surface area contributed by atoms with Gasteiger partial charge in [-0.1, -0.05) is 30.3 Å². The van der Waals surface area contributed by atoms with Crippen molar-refractivity contribution in [2.45, 2.75) is 58.0 Å². The van der Waals surface area contributed by atoms with Crippen molar-refractivity contribution in [3.63, 3.8) is 0 Å². The molecular formula is C23H30N4O4S. The van der Waals surface area contributed by atoms with Gasteiger partial charge in [0, 0.05) is 25.1 Å². The van der Waals surface area contributed by atoms with E-state index in [4.69, 9.17) is 0 Å². The van der Waals surface area contributed by atoms with Gasteiger partial charge in [0.05, 0.1) is 24.0 Å². The number of hydrogen-bond donors (Lipinski definition) is 0. The molecule has 32 heavy (non-hydrogen) atoms. The first-order valence-electron chi connectivity index (χ1n) is 11.4. The van der Waals surface area contributed by atoms with Crippen LogP contribution in [0.2, 0.25) is 0 Å². The number of carbonyl (C=O) groups excluding carboxylic acids is 2. The van der Waals surface area contributed by atoms with Gasteiger partial charge in [0.2, 0.25) is 5.91 Å². The van der Waals surface area contributed by atoms with Crippen LogP contribution >= 0.6 is 0 Å². The molecule has 0 aliphatic carbocycles. The Hall–Kier alpha value is -2.55. The summed E-state index contributed by atoms with van der Waals surface area (Å²) >= 11 is 0. The average Bonchev–Trinajstić information content (AvgIpc) is 3.36. The molecular weight excluding hydrogens is 428 g/mol. The summed E-state index contributed by atoms with van der Waals surface area (Å²) in [5.41, 5.74) is 0.946. The molecule has 2 fully saturated rings. The quantitative estimate of drug-likeness (QED) is 0.631. The number of nitrogens with zero attached hydrogens (tertiary/aromatic N) is 4. The molecule has 2 aliphatic rings. The van der Waals surface area contributed by atoms with Crippen LogP contribution in [0.15, 0.2) is 30.3 Å². The second-order valence-electron chi connectivity index (χ2n) is 8.75. The average molecular weight is 459 g/mol. The maximum Gasteiger partial charge on any atom is 0.223 e. The van der Waals surface area contributed by atoms with Crippen LogP contribution in [0, 0.1) is 5.92 Å². The Kier molecular flexibility index (Phi) is 6.74. The van der Waals surface area contributed by atoms with Crippen LogP contribution < -0.4 is 0 Å². The van der Waals surface area contributed by atoms with Crippen molar-refractivity contribution < 1.29 is 18.0 Å². The Morgan fingerprint density at radius 1 is 1.12 bits per heavy atom. The number of aryl methyl sites for hydroxylation is 1. The molecule has 172 valence electrons. The van der Waals surface area contributed by atoms with E-state index in [0.717, 1.165) is 24.2 Å². The summed E-state index contributed by atoms with van der Waals surface area (Å²) in [6.45, 7) is 3.17. The van der Waals surface area contributed by atoms with Crippen LogP contribution in [0.5, 0.6) is 0 Å². The Bertz CT molecular complexity index is 1080. The molecule has 2 atom stereocenters. The van der Waals surface area contributed by atoms with Crippen molar-refractivity contribution in [2.24, 2.45) is 5.92 Å². The third-order valence-corrected chi connectivity index (χ3v) is 8.20. The van der Waals surface area contributed by atoms with E-state index < -0.39 is 15.9 Å². The van der Waals surface area contributed by atoms with Crippen molar-refractivity contribution in [3.05, 3.63) is 36.2 Å². The molecule has 2 saturated heterocycles. The number of aromatic nitrogens is 3. The first-order chi connectivity index (χ1) is 15.4. The van der Waals surface area contributed by atoms with Crippen molar-refractivity contribution in [2.75, 3.05) is 18.1 Å². The minimum atomic E-state index is -3.03. The number of piperidine rings is 1. The van der Waals surface area contributed by atoms with Crippen LogP contribution in [0.3, 0.4) is 0 Å². The lowest BCUT2D eigenvalue weighted by molar-refractivity contribution is -0.141. The van der Waals surface area contributed by atoms with Gasteiger partial charge in [-0.2, -0.15) is 5.10 Å². The third-order valence-electron chi connectivity index (χ3n) is 6.36. The molecule has 2 aliphatic heterocycles. The number of Topliss-reactive ketones (excluding diaryl/α,β-unsaturated/α-hetero) is 1. The fourth-order valence-corrected chi connectivity index (χ4v) is 6.58. The molecule has 1 unspecified atom stereocenters. The highest BCUT2D eigenvalue weighted by molar-refractivity contribution is 7.91. The Morgan fingerprint density at radius 3 is 2.59 bits per heavy atom. The summed E-state index contributed by atoms with van der Waals surface area (Å²) < 4.78 is 25.3. The lowest BCUT2D eigenvalue weighted by Crippen LogP contribution is -2.49. The van der Waals surface area contributed by atoms with Gasteiger partial charge in [0.1, 0.15) is 0 Å². The molecule has 2 aromatic rings. The number of amides is 1. The van der Waals surface area contributed by atoms with Gasteiger partial charge in [0.15, 0.2) is 27.3 Å². The van der Waals surface area contributed by atoms with Crippen molar-refractivity contribution in [3.8, 4) is 11.4 Å². The zero-order valence-corrected chi connectivity index (χ0v) is 19.3. The molecule has 1 aromatic heterocycles. The zero-order chi connectivity index (χ0) is 22.7. The number of sulfone groups is 1. The maximum absolute atomic E-state index is 13.2. The zero-order valence-electron chi connectivity index (χ0n) is 18.4. The molecule has 0 N–H and O–H groups in total. The first kappa shape index (κ1) is 22.6. The highest BCUT2D eigenvalue weighted by Gasteiger charge is 2.36. The number of rotatable bonds is 7. The second-order valence-corrected chi connectivity index (χ2v) is 11.0. The minimum absolute atomic E-state index is 0.0510. The summed E-state index contributed by atoms with van der Waals surface area (Å²) in [6.07, 6.45) is 3.20. The number of carbonyl (C=O) groups is 2. The molecule has 9 heteroatoms. The SMILES string of the molecule is CCn1nc(CC(=O)[C@@H]2CCCCN2C(=O)CC2CCS(=O)(=O)C2)nc1-c1ccccc1. The number of benzene rings is 1. The molecule has 4 rings (SSSR count). The summed E-state index contributed by atoms with van der Waals surface area (Å²) in [7, 11) is -3.03. The predicted octanol–water partition coefficient (Wildman–Crippen LogP) is 2.28. The summed E-state index contributed by atoms with van der Waals surface area (Å²) in [5, 5.41) is 4.52. The summed E-state index contributed by atoms with van der Waals surface area (Å²) in [4.78, 5) is 32.4. The number of ketones is 1. The fourth-order valence-electron chi connectivity index (χ4n) is 4.72. The van der Waals surface area contributed by atoms with E-state index in [2.05, 4.69) is 10.1 Å². The van der Waals surface area contributed by atoms with E-state index in [1.54, 1.807) is 9.58 Å². The molecule has 8 nitrogen and oxygen atoms in total. The minimum Gasteiger partial charge on any atom is -0.333 e. The van der Waals surface area contributed by atoms with Gasteiger partial charge in [-0.15, -0.1) is 0 Å². The van der Waals surface area contributed by atoms with E-state index in [9.17, 15) is 18.0 Å². The van der Waals surface area contributed by atoms with Crippen LogP contribution in [0.1, 0.15) is 44.9 Å². The topological polar surface area (TPSA) is 102 Å². The van der Waals surface area contributed by atoms with E-state index in [1.165, 1.54) is 0 Å². The van der Waals surface area contributed by atoms with Gasteiger partial charge >= 0.3 is 0 Å². The van der Waals surface area contributed by atoms with E-state index in [-0.39, 0.29) is 42.0 Å². The Morgan fingerprint density at radius 2 is 1.91 bits per heavy atom. The van der Waals surface area contributed by atoms with Crippen molar-refractivity contribution >= 4 is 21.5 Å². The Labute approximate surface area is 188 Å². The van der Waals surface area contributed by atoms with E-state index in [0.29, 0.717) is 31.8 Å². The highest BCUT2D eigenvalue weighted by Crippen LogP contribution is 2.26. The predicted molar refractivity (Wildman–Crippen MR) is 121 cm³/mol. The monoisotopic (exact) mass is 458 g/mol. The number of hydrogen-bond acceptors (Lipinski definition) is 6. The molecule has 3 heterocycles. The van der Waals surface area contributed by atoms with Crippen LogP contribution in [-0.2, 0) is 32.4 Å². The smallest absolute Gasteiger partial charge is 0.223 e. The maximum atomic E-state index is 13.2. The van der Waals surface area contributed by atoms with Crippen LogP contribution in [0.4, 0.5) is 0 Å². The molecule has 0 saturated carbocycles. The fraction of sp³-hybridized carbons (Fsp3) is 0.565.